The van der Waals surface area contributed by atoms with Gasteiger partial charge in [0.05, 0.1) is 0 Å². The molecule has 0 heterocycles. The molecule has 2 aliphatic rings. The molecule has 0 fully saturated rings. The number of hydrogen-bond acceptors (Lipinski definition) is 0. The smallest absolute Gasteiger partial charge is 1.00 e. The van der Waals surface area contributed by atoms with Crippen molar-refractivity contribution in [2.24, 2.45) is 0 Å². The van der Waals surface area contributed by atoms with E-state index in [2.05, 4.69) is 160 Å². The average Bonchev–Trinajstić information content (AvgIpc) is 3.50. The predicted octanol–water partition coefficient (Wildman–Crippen LogP) is 5.06. The van der Waals surface area contributed by atoms with Crippen LogP contribution in [-0.2, 0) is 20.9 Å². The minimum Gasteiger partial charge on any atom is -1.00 e. The average molecular weight is 699 g/mol. The van der Waals surface area contributed by atoms with Crippen molar-refractivity contribution in [3.63, 3.8) is 0 Å². The van der Waals surface area contributed by atoms with Gasteiger partial charge >= 0.3 is 272 Å². The first kappa shape index (κ1) is 32.2. The van der Waals surface area contributed by atoms with Gasteiger partial charge in [-0.1, -0.05) is 0 Å². The fourth-order valence-corrected chi connectivity index (χ4v) is 31.7. The van der Waals surface area contributed by atoms with Gasteiger partial charge in [0, 0.05) is 0 Å². The summed E-state index contributed by atoms with van der Waals surface area (Å²) in [7, 11) is 0. The third-order valence-corrected chi connectivity index (χ3v) is 32.2. The molecule has 6 aromatic rings. The second-order valence-corrected chi connectivity index (χ2v) is 32.9. The predicted molar refractivity (Wildman–Crippen MR) is 189 cm³/mol. The molecule has 0 saturated heterocycles. The van der Waals surface area contributed by atoms with Crippen LogP contribution in [-0.4, -0.2) is 5.92 Å². The van der Waals surface area contributed by atoms with Crippen molar-refractivity contribution in [2.75, 3.05) is 0 Å². The molecular weight excluding hydrogens is 662 g/mol. The van der Waals surface area contributed by atoms with Crippen LogP contribution in [0, 0.1) is 0 Å². The summed E-state index contributed by atoms with van der Waals surface area (Å²) in [4.78, 5) is 0. The van der Waals surface area contributed by atoms with Crippen LogP contribution >= 0.6 is 0 Å². The molecule has 227 valence electrons. The van der Waals surface area contributed by atoms with E-state index in [9.17, 15) is 0 Å². The summed E-state index contributed by atoms with van der Waals surface area (Å²) in [6, 6.07) is 50.5. The molecule has 0 nitrogen and oxygen atoms in total. The molecule has 0 radical (unpaired) electrons. The third-order valence-electron chi connectivity index (χ3n) is 10.2. The quantitative estimate of drug-likeness (QED) is 0.221. The Bertz CT molecular complexity index is 2000. The second-order valence-electron chi connectivity index (χ2n) is 12.9. The van der Waals surface area contributed by atoms with Crippen LogP contribution in [0.2, 0.25) is 13.1 Å². The van der Waals surface area contributed by atoms with E-state index in [1.807, 2.05) is 0 Å². The first-order chi connectivity index (χ1) is 21.5. The number of fused-ring (bicyclic) bond motifs is 4. The molecule has 4 heteroatoms. The maximum atomic E-state index is 2.67. The molecule has 0 spiro atoms. The SMILES string of the molecule is CC1=C(c2cccc3ccccc23)c2ccccc2[CH]1[Zr+2]([CH]1C(C)=C(c2cccc3ccccc23)c2ccccc21)[SiH](C)C.[F-].[F-]. The maximum Gasteiger partial charge on any atom is -1.00 e. The van der Waals surface area contributed by atoms with Crippen LogP contribution in [0.15, 0.2) is 145 Å². The van der Waals surface area contributed by atoms with Gasteiger partial charge in [0.2, 0.25) is 0 Å². The van der Waals surface area contributed by atoms with Crippen molar-refractivity contribution in [2.45, 2.75) is 34.2 Å². The maximum absolute atomic E-state index is 2.67. The van der Waals surface area contributed by atoms with E-state index in [1.54, 1.807) is 22.3 Å². The number of allylic oxidation sites excluding steroid dienone is 2. The van der Waals surface area contributed by atoms with Gasteiger partial charge in [-0.2, -0.15) is 0 Å². The molecule has 0 aliphatic heterocycles. The molecule has 0 saturated carbocycles. The van der Waals surface area contributed by atoms with Gasteiger partial charge in [-0.05, 0) is 0 Å². The summed E-state index contributed by atoms with van der Waals surface area (Å²) < 4.78 is 1.18. The van der Waals surface area contributed by atoms with Crippen LogP contribution in [0.1, 0.15) is 54.5 Å². The third kappa shape index (κ3) is 4.93. The Kier molecular flexibility index (Phi) is 8.98. The molecule has 2 unspecified atom stereocenters. The van der Waals surface area contributed by atoms with E-state index < -0.39 is 26.8 Å². The molecule has 46 heavy (non-hydrogen) atoms. The van der Waals surface area contributed by atoms with Crippen molar-refractivity contribution in [1.82, 2.24) is 0 Å². The monoisotopic (exact) mass is 697 g/mol. The van der Waals surface area contributed by atoms with E-state index in [4.69, 9.17) is 0 Å². The molecular formula is C42H37F2SiZr. The zero-order chi connectivity index (χ0) is 29.9. The summed E-state index contributed by atoms with van der Waals surface area (Å²) in [6.45, 7) is 10.3. The van der Waals surface area contributed by atoms with Crippen molar-refractivity contribution >= 4 is 38.6 Å². The zero-order valence-electron chi connectivity index (χ0n) is 26.7. The standard InChI is InChI=1S/2C20H15.C2H7Si.2FH.Zr/c2*1-14-13-16-8-3-5-11-18(16)20(14)19-12-6-9-15-7-2-4-10-17(15)19;1-3-2;;;/h2*2-13H,1H3;3H,1-2H3;2*1H;/q;;;;;+2/p-2. The molecule has 0 amide bonds. The van der Waals surface area contributed by atoms with Gasteiger partial charge in [0.25, 0.3) is 0 Å². The molecule has 8 rings (SSSR count). The summed E-state index contributed by atoms with van der Waals surface area (Å²) in [5, 5.41) is 5.39. The Morgan fingerprint density at radius 3 is 1.22 bits per heavy atom. The van der Waals surface area contributed by atoms with Crippen molar-refractivity contribution in [3.05, 3.63) is 178 Å². The van der Waals surface area contributed by atoms with E-state index in [0.717, 1.165) is 0 Å². The molecule has 6 aromatic carbocycles. The second kappa shape index (κ2) is 12.8. The Morgan fingerprint density at radius 1 is 0.435 bits per heavy atom. The van der Waals surface area contributed by atoms with E-state index in [-0.39, 0.29) is 9.41 Å². The van der Waals surface area contributed by atoms with Crippen LogP contribution < -0.4 is 9.41 Å². The zero-order valence-corrected chi connectivity index (χ0v) is 30.3. The number of benzene rings is 6. The summed E-state index contributed by atoms with van der Waals surface area (Å²) in [5.74, 6) is -0.999. The van der Waals surface area contributed by atoms with Crippen LogP contribution in [0.25, 0.3) is 32.7 Å². The molecule has 0 aromatic heterocycles. The first-order valence-electron chi connectivity index (χ1n) is 16.0. The Hall–Kier alpha value is -3.72. The van der Waals surface area contributed by atoms with Gasteiger partial charge in [0.15, 0.2) is 0 Å². The molecule has 2 atom stereocenters. The first-order valence-corrected chi connectivity index (χ1v) is 26.0. The van der Waals surface area contributed by atoms with Crippen LogP contribution in [0.3, 0.4) is 0 Å². The summed E-state index contributed by atoms with van der Waals surface area (Å²) >= 11 is -2.25. The minimum absolute atomic E-state index is 0. The van der Waals surface area contributed by atoms with Gasteiger partial charge in [-0.15, -0.1) is 0 Å². The largest absolute Gasteiger partial charge is 1.00 e. The number of rotatable bonds is 5. The topological polar surface area (TPSA) is 0 Å². The molecule has 0 bridgehead atoms. The summed E-state index contributed by atoms with van der Waals surface area (Å²) in [5.41, 5.74) is 15.2. The van der Waals surface area contributed by atoms with Crippen molar-refractivity contribution in [1.29, 1.82) is 0 Å². The van der Waals surface area contributed by atoms with Crippen molar-refractivity contribution in [3.8, 4) is 0 Å². The Labute approximate surface area is 279 Å². The number of hydrogen-bond donors (Lipinski definition) is 0. The van der Waals surface area contributed by atoms with Gasteiger partial charge in [0.1, 0.15) is 0 Å². The molecule has 0 N–H and O–H groups in total. The minimum atomic E-state index is -2.25. The van der Waals surface area contributed by atoms with Crippen molar-refractivity contribution < 1.29 is 30.3 Å². The van der Waals surface area contributed by atoms with Gasteiger partial charge in [-0.3, -0.25) is 0 Å². The van der Waals surface area contributed by atoms with Crippen LogP contribution in [0.5, 0.6) is 0 Å². The summed E-state index contributed by atoms with van der Waals surface area (Å²) in [6.07, 6.45) is 0. The van der Waals surface area contributed by atoms with E-state index >= 15 is 0 Å². The fourth-order valence-electron chi connectivity index (χ4n) is 8.43. The van der Waals surface area contributed by atoms with Gasteiger partial charge in [-0.25, -0.2) is 0 Å². The Balaban J connectivity index is 0.00000186. The fraction of sp³-hybridized carbons (Fsp3) is 0.143. The van der Waals surface area contributed by atoms with E-state index in [1.165, 1.54) is 54.9 Å². The Morgan fingerprint density at radius 2 is 0.783 bits per heavy atom. The molecule has 2 aliphatic carbocycles. The number of halogens is 2. The van der Waals surface area contributed by atoms with Crippen LogP contribution in [0.4, 0.5) is 0 Å². The van der Waals surface area contributed by atoms with Gasteiger partial charge < -0.3 is 9.41 Å². The van der Waals surface area contributed by atoms with E-state index in [0.29, 0.717) is 7.25 Å². The normalized spacial score (nSPS) is 16.8.